The molecule has 0 bridgehead atoms. The summed E-state index contributed by atoms with van der Waals surface area (Å²) in [5.41, 5.74) is 2.63. The van der Waals surface area contributed by atoms with E-state index in [9.17, 15) is 26.4 Å². The summed E-state index contributed by atoms with van der Waals surface area (Å²) >= 11 is 0. The third-order valence-corrected chi connectivity index (χ3v) is 9.85. The van der Waals surface area contributed by atoms with E-state index in [1.807, 2.05) is 23.1 Å². The third-order valence-electron chi connectivity index (χ3n) is 8.72. The zero-order chi connectivity index (χ0) is 31.8. The van der Waals surface area contributed by atoms with Gasteiger partial charge in [-0.1, -0.05) is 36.4 Å². The number of hydrogen-bond acceptors (Lipinski definition) is 6. The lowest BCUT2D eigenvalue weighted by Gasteiger charge is -2.29. The lowest BCUT2D eigenvalue weighted by Crippen LogP contribution is -2.42. The molecule has 0 aliphatic carbocycles. The molecule has 4 aromatic rings. The number of nitrogens with zero attached hydrogens (tertiary/aromatic N) is 3. The van der Waals surface area contributed by atoms with Crippen molar-refractivity contribution in [3.63, 3.8) is 0 Å². The fourth-order valence-corrected chi connectivity index (χ4v) is 6.92. The van der Waals surface area contributed by atoms with E-state index in [2.05, 4.69) is 10.2 Å². The summed E-state index contributed by atoms with van der Waals surface area (Å²) in [5.74, 6) is 0.373. The van der Waals surface area contributed by atoms with Crippen molar-refractivity contribution in [2.24, 2.45) is 0 Å². The van der Waals surface area contributed by atoms with E-state index in [4.69, 9.17) is 4.98 Å². The van der Waals surface area contributed by atoms with E-state index in [1.54, 1.807) is 30.3 Å². The first kappa shape index (κ1) is 31.0. The predicted molar refractivity (Wildman–Crippen MR) is 169 cm³/mol. The average molecular weight is 637 g/mol. The van der Waals surface area contributed by atoms with Gasteiger partial charge in [0.15, 0.2) is 9.84 Å². The highest BCUT2D eigenvalue weighted by Crippen LogP contribution is 2.32. The molecule has 7 nitrogen and oxygen atoms in total. The highest BCUT2D eigenvalue weighted by atomic mass is 32.2. The number of aromatic nitrogens is 1. The molecule has 3 aromatic carbocycles. The number of halogens is 3. The SMILES string of the molecule is CS(=O)(=O)c1ccc(-c2ccc3c(C(=O)N4CCC[C@H]4CN4CCCC4)cc(NCc4ccc(C(F)(F)F)cc4)nc3c2)cc1. The van der Waals surface area contributed by atoms with Gasteiger partial charge in [-0.05, 0) is 91.9 Å². The molecule has 1 N–H and O–H groups in total. The van der Waals surface area contributed by atoms with E-state index >= 15 is 0 Å². The van der Waals surface area contributed by atoms with Crippen molar-refractivity contribution in [1.82, 2.24) is 14.8 Å². The third kappa shape index (κ3) is 6.99. The Hall–Kier alpha value is -3.96. The summed E-state index contributed by atoms with van der Waals surface area (Å²) in [4.78, 5) is 23.6. The van der Waals surface area contributed by atoms with Gasteiger partial charge < -0.3 is 15.1 Å². The molecule has 2 aliphatic heterocycles. The van der Waals surface area contributed by atoms with Gasteiger partial charge in [-0.15, -0.1) is 0 Å². The number of pyridine rings is 1. The van der Waals surface area contributed by atoms with E-state index in [0.717, 1.165) is 62.0 Å². The number of anilines is 1. The molecule has 0 saturated carbocycles. The quantitative estimate of drug-likeness (QED) is 0.234. The Morgan fingerprint density at radius 3 is 2.27 bits per heavy atom. The van der Waals surface area contributed by atoms with Crippen molar-refractivity contribution in [3.05, 3.63) is 89.5 Å². The molecule has 2 fully saturated rings. The van der Waals surface area contributed by atoms with E-state index in [0.29, 0.717) is 34.4 Å². The Kier molecular flexibility index (Phi) is 8.58. The van der Waals surface area contributed by atoms with Gasteiger partial charge in [0.2, 0.25) is 0 Å². The van der Waals surface area contributed by atoms with Gasteiger partial charge in [-0.3, -0.25) is 4.79 Å². The second kappa shape index (κ2) is 12.4. The monoisotopic (exact) mass is 636 g/mol. The van der Waals surface area contributed by atoms with Gasteiger partial charge in [-0.25, -0.2) is 13.4 Å². The van der Waals surface area contributed by atoms with E-state index < -0.39 is 21.6 Å². The van der Waals surface area contributed by atoms with Gasteiger partial charge in [-0.2, -0.15) is 13.2 Å². The second-order valence-corrected chi connectivity index (χ2v) is 13.9. The Balaban J connectivity index is 1.33. The molecule has 0 unspecified atom stereocenters. The highest BCUT2D eigenvalue weighted by molar-refractivity contribution is 7.90. The smallest absolute Gasteiger partial charge is 0.366 e. The first-order chi connectivity index (χ1) is 21.5. The maximum Gasteiger partial charge on any atom is 0.416 e. The number of sulfone groups is 1. The predicted octanol–water partition coefficient (Wildman–Crippen LogP) is 6.64. The van der Waals surface area contributed by atoms with Crippen LogP contribution in [0.15, 0.2) is 77.7 Å². The van der Waals surface area contributed by atoms with Crippen LogP contribution in [-0.2, 0) is 22.6 Å². The molecule has 1 amide bonds. The summed E-state index contributed by atoms with van der Waals surface area (Å²) in [6.45, 7) is 3.88. The lowest BCUT2D eigenvalue weighted by atomic mass is 10.0. The Bertz CT molecular complexity index is 1800. The Morgan fingerprint density at radius 1 is 0.911 bits per heavy atom. The molecule has 6 rings (SSSR count). The summed E-state index contributed by atoms with van der Waals surface area (Å²) in [6.07, 6.45) is 1.02. The van der Waals surface area contributed by atoms with Crippen molar-refractivity contribution >= 4 is 32.5 Å². The van der Waals surface area contributed by atoms with Crippen molar-refractivity contribution in [3.8, 4) is 11.1 Å². The minimum absolute atomic E-state index is 0.0630. The number of amides is 1. The molecule has 45 heavy (non-hydrogen) atoms. The molecule has 3 heterocycles. The van der Waals surface area contributed by atoms with Crippen LogP contribution in [0.1, 0.15) is 47.2 Å². The zero-order valence-electron chi connectivity index (χ0n) is 25.0. The van der Waals surface area contributed by atoms with Crippen LogP contribution in [0.3, 0.4) is 0 Å². The molecule has 1 atom stereocenters. The van der Waals surface area contributed by atoms with Crippen LogP contribution in [0.4, 0.5) is 19.0 Å². The number of alkyl halides is 3. The number of carbonyl (C=O) groups excluding carboxylic acids is 1. The highest BCUT2D eigenvalue weighted by Gasteiger charge is 2.33. The first-order valence-corrected chi connectivity index (χ1v) is 17.0. The fraction of sp³-hybridized carbons (Fsp3) is 0.353. The lowest BCUT2D eigenvalue weighted by molar-refractivity contribution is -0.137. The Labute approximate surface area is 261 Å². The summed E-state index contributed by atoms with van der Waals surface area (Å²) in [6, 6.07) is 19.1. The van der Waals surface area contributed by atoms with Crippen LogP contribution in [0, 0.1) is 0 Å². The first-order valence-electron chi connectivity index (χ1n) is 15.1. The molecule has 1 aromatic heterocycles. The summed E-state index contributed by atoms with van der Waals surface area (Å²) in [7, 11) is -3.34. The number of hydrogen-bond donors (Lipinski definition) is 1. The standard InChI is InChI=1S/C34H35F3N4O3S/c1-45(43,44)28-13-8-24(9-14-28)25-10-15-29-30(33(42)41-18-4-5-27(41)22-40-16-2-3-17-40)20-32(39-31(29)19-25)38-21-23-6-11-26(12-7-23)34(35,36)37/h6-15,19-20,27H,2-5,16-18,21-22H2,1H3,(H,38,39)/t27-/m0/s1. The normalized spacial score (nSPS) is 17.7. The molecule has 2 aliphatic rings. The fourth-order valence-electron chi connectivity index (χ4n) is 6.29. The van der Waals surface area contributed by atoms with Gasteiger partial charge >= 0.3 is 6.18 Å². The summed E-state index contributed by atoms with van der Waals surface area (Å²) < 4.78 is 63.0. The number of benzene rings is 3. The number of nitrogens with one attached hydrogen (secondary N) is 1. The molecular weight excluding hydrogens is 601 g/mol. The minimum Gasteiger partial charge on any atom is -0.366 e. The maximum absolute atomic E-state index is 14.2. The van der Waals surface area contributed by atoms with Gasteiger partial charge in [0.1, 0.15) is 5.82 Å². The molecular formula is C34H35F3N4O3S. The van der Waals surface area contributed by atoms with Crippen LogP contribution in [0.5, 0.6) is 0 Å². The molecule has 2 saturated heterocycles. The van der Waals surface area contributed by atoms with Crippen molar-refractivity contribution in [2.45, 2.75) is 49.3 Å². The molecule has 11 heteroatoms. The number of likely N-dealkylation sites (tertiary alicyclic amines) is 2. The van der Waals surface area contributed by atoms with Crippen LogP contribution in [0.25, 0.3) is 22.0 Å². The van der Waals surface area contributed by atoms with Crippen molar-refractivity contribution in [1.29, 1.82) is 0 Å². The molecule has 0 radical (unpaired) electrons. The van der Waals surface area contributed by atoms with Crippen LogP contribution < -0.4 is 5.32 Å². The van der Waals surface area contributed by atoms with E-state index in [1.165, 1.54) is 25.0 Å². The topological polar surface area (TPSA) is 82.6 Å². The van der Waals surface area contributed by atoms with Crippen molar-refractivity contribution in [2.75, 3.05) is 37.8 Å². The van der Waals surface area contributed by atoms with Gasteiger partial charge in [0, 0.05) is 37.3 Å². The Morgan fingerprint density at radius 2 is 1.60 bits per heavy atom. The van der Waals surface area contributed by atoms with Gasteiger partial charge in [0.05, 0.1) is 21.5 Å². The van der Waals surface area contributed by atoms with E-state index in [-0.39, 0.29) is 23.4 Å². The number of rotatable bonds is 8. The number of carbonyl (C=O) groups is 1. The zero-order valence-corrected chi connectivity index (χ0v) is 25.8. The minimum atomic E-state index is -4.41. The second-order valence-electron chi connectivity index (χ2n) is 11.9. The van der Waals surface area contributed by atoms with Gasteiger partial charge in [0.25, 0.3) is 5.91 Å². The van der Waals surface area contributed by atoms with Crippen LogP contribution in [-0.4, -0.2) is 67.6 Å². The largest absolute Gasteiger partial charge is 0.416 e. The van der Waals surface area contributed by atoms with Crippen LogP contribution in [0.2, 0.25) is 0 Å². The number of fused-ring (bicyclic) bond motifs is 1. The average Bonchev–Trinajstić information content (AvgIpc) is 3.71. The molecule has 0 spiro atoms. The maximum atomic E-state index is 14.2. The molecule has 236 valence electrons. The van der Waals surface area contributed by atoms with Crippen LogP contribution >= 0.6 is 0 Å². The summed E-state index contributed by atoms with van der Waals surface area (Å²) in [5, 5.41) is 3.91. The van der Waals surface area contributed by atoms with Crippen molar-refractivity contribution < 1.29 is 26.4 Å².